The zero-order valence-electron chi connectivity index (χ0n) is 48.3. The zero-order valence-corrected chi connectivity index (χ0v) is 49.1. The first kappa shape index (κ1) is 58.4. The first-order chi connectivity index (χ1) is 40.9. The minimum atomic E-state index is -4.72. The van der Waals surface area contributed by atoms with Crippen molar-refractivity contribution in [1.82, 2.24) is 0 Å². The van der Waals surface area contributed by atoms with E-state index in [1.165, 1.54) is 0 Å². The lowest BCUT2D eigenvalue weighted by Gasteiger charge is -2.46. The van der Waals surface area contributed by atoms with Gasteiger partial charge in [-0.05, 0) is 205 Å². The van der Waals surface area contributed by atoms with Crippen molar-refractivity contribution in [3.05, 3.63) is 206 Å². The average Bonchev–Trinajstić information content (AvgIpc) is 3.64. The molecule has 444 valence electrons. The zero-order chi connectivity index (χ0) is 59.2. The molecule has 6 aromatic carbocycles. The lowest BCUT2D eigenvalue weighted by atomic mass is 9.64. The summed E-state index contributed by atoms with van der Waals surface area (Å²) in [5.41, 5.74) is 21.0. The van der Waals surface area contributed by atoms with Crippen LogP contribution in [0.4, 0.5) is 0 Å². The van der Waals surface area contributed by atoms with Crippen molar-refractivity contribution in [2.24, 2.45) is 46.0 Å². The van der Waals surface area contributed by atoms with Crippen molar-refractivity contribution in [1.29, 1.82) is 0 Å². The fourth-order valence-corrected chi connectivity index (χ4v) is 17.0. The number of aliphatic hydroxyl groups is 3. The number of aryl methyl sites for hydroxylation is 1. The number of hydrogen-bond donors (Lipinski definition) is 8. The fraction of sp³-hybridized carbons (Fsp3) is 0.423. The van der Waals surface area contributed by atoms with Crippen molar-refractivity contribution in [2.75, 3.05) is 6.61 Å². The number of benzene rings is 6. The van der Waals surface area contributed by atoms with Crippen molar-refractivity contribution in [2.45, 2.75) is 150 Å². The number of ether oxygens (including phenoxy) is 2. The molecule has 0 unspecified atom stereocenters. The number of aliphatic hydroxyl groups excluding tert-OH is 2. The number of allylic oxidation sites excluding steroid dienone is 1. The third-order valence-electron chi connectivity index (χ3n) is 20.1. The topological polar surface area (TPSA) is 238 Å². The molecule has 14 heteroatoms. The predicted molar refractivity (Wildman–Crippen MR) is 328 cm³/mol. The van der Waals surface area contributed by atoms with Crippen LogP contribution in [-0.4, -0.2) is 68.0 Å². The molecule has 0 radical (unpaired) electrons. The van der Waals surface area contributed by atoms with E-state index >= 15 is 0 Å². The van der Waals surface area contributed by atoms with Crippen LogP contribution in [0.2, 0.25) is 0 Å². The van der Waals surface area contributed by atoms with E-state index in [1.54, 1.807) is 24.3 Å². The summed E-state index contributed by atoms with van der Waals surface area (Å²) in [6, 6.07) is 42.7. The minimum absolute atomic E-state index is 0.0389. The number of nitrogens with zero attached hydrogens (tertiary/aromatic N) is 1. The molecule has 5 aliphatic heterocycles. The summed E-state index contributed by atoms with van der Waals surface area (Å²) >= 11 is 0. The Hall–Kier alpha value is -6.96. The van der Waals surface area contributed by atoms with Crippen molar-refractivity contribution in [3.63, 3.8) is 0 Å². The highest BCUT2D eigenvalue weighted by Gasteiger charge is 2.51. The van der Waals surface area contributed by atoms with E-state index in [9.17, 15) is 38.5 Å². The second kappa shape index (κ2) is 24.1. The summed E-state index contributed by atoms with van der Waals surface area (Å²) in [6.07, 6.45) is 8.51. The highest BCUT2D eigenvalue weighted by Crippen LogP contribution is 2.56. The number of nitrogens with two attached hydrogens (primary N) is 2. The van der Waals surface area contributed by atoms with Crippen LogP contribution in [0.15, 0.2) is 150 Å². The van der Waals surface area contributed by atoms with Crippen molar-refractivity contribution >= 4 is 16.1 Å². The van der Waals surface area contributed by atoms with Gasteiger partial charge >= 0.3 is 0 Å². The summed E-state index contributed by atoms with van der Waals surface area (Å²) < 4.78 is 55.4. The normalized spacial score (nSPS) is 29.2. The Morgan fingerprint density at radius 1 is 0.824 bits per heavy atom. The van der Waals surface area contributed by atoms with Gasteiger partial charge in [0.05, 0.1) is 23.6 Å². The molecule has 85 heavy (non-hydrogen) atoms. The van der Waals surface area contributed by atoms with E-state index in [0.717, 1.165) is 74.9 Å². The smallest absolute Gasteiger partial charge is 0.268 e. The summed E-state index contributed by atoms with van der Waals surface area (Å²) in [5.74, 6) is 4.92. The minimum Gasteiger partial charge on any atom is -0.508 e. The lowest BCUT2D eigenvalue weighted by Crippen LogP contribution is -2.48. The molecule has 10 N–H and O–H groups in total. The number of guanidine groups is 1. The third kappa shape index (κ3) is 12.3. The molecule has 0 amide bonds. The Labute approximate surface area is 499 Å². The molecule has 13 atom stereocenters. The van der Waals surface area contributed by atoms with E-state index in [2.05, 4.69) is 49.1 Å². The molecule has 0 aromatic heterocycles. The second-order valence-electron chi connectivity index (χ2n) is 25.6. The Morgan fingerprint density at radius 2 is 1.60 bits per heavy atom. The van der Waals surface area contributed by atoms with Crippen LogP contribution in [0, 0.1) is 41.4 Å². The van der Waals surface area contributed by atoms with E-state index in [1.807, 2.05) is 84.9 Å². The van der Waals surface area contributed by atoms with Crippen LogP contribution >= 0.6 is 0 Å². The number of phenolic OH excluding ortho intramolecular Hbond substituents is 2. The van der Waals surface area contributed by atoms with Crippen LogP contribution in [0.3, 0.4) is 0 Å². The number of rotatable bonds is 12. The largest absolute Gasteiger partial charge is 0.508 e. The Kier molecular flexibility index (Phi) is 16.5. The molecule has 0 spiro atoms. The molecule has 1 saturated carbocycles. The van der Waals surface area contributed by atoms with E-state index in [-0.39, 0.29) is 79.2 Å². The first-order valence-electron chi connectivity index (χ1n) is 30.5. The summed E-state index contributed by atoms with van der Waals surface area (Å²) in [6.45, 7) is 1.94. The number of hydrogen-bond acceptors (Lipinski definition) is 10. The number of aromatic hydroxyl groups is 2. The number of fused-ring (bicyclic) bond motifs is 9. The molecule has 5 heterocycles. The first-order valence-corrected chi connectivity index (χ1v) is 32.0. The van der Waals surface area contributed by atoms with Crippen molar-refractivity contribution < 1.29 is 48.0 Å². The summed E-state index contributed by atoms with van der Waals surface area (Å²) in [5, 5.41) is 54.8. The lowest BCUT2D eigenvalue weighted by molar-refractivity contribution is -0.0834. The van der Waals surface area contributed by atoms with Gasteiger partial charge < -0.3 is 46.5 Å². The summed E-state index contributed by atoms with van der Waals surface area (Å²) in [7, 11) is -4.72. The van der Waals surface area contributed by atoms with Crippen LogP contribution in [-0.2, 0) is 46.4 Å². The van der Waals surface area contributed by atoms with Gasteiger partial charge in [0.2, 0.25) is 5.72 Å². The van der Waals surface area contributed by atoms with Crippen LogP contribution in [0.25, 0.3) is 0 Å². The summed E-state index contributed by atoms with van der Waals surface area (Å²) in [4.78, 5) is 5.17. The van der Waals surface area contributed by atoms with E-state index in [4.69, 9.17) is 25.9 Å². The number of phenols is 2. The second-order valence-corrected chi connectivity index (χ2v) is 27.2. The van der Waals surface area contributed by atoms with Gasteiger partial charge in [-0.3, -0.25) is 4.55 Å². The number of aliphatic imine (C=N–C) groups is 1. The fourth-order valence-electron chi connectivity index (χ4n) is 15.9. The highest BCUT2D eigenvalue weighted by atomic mass is 32.2. The maximum atomic E-state index is 14.5. The standard InChI is InChI=1S/C71H79N3O10S/c1-43-15-16-50-35-60-24-26-62(50)64(43)38-66(85(80,81)82)65-37-55-33-54(36-61-31-46(41-75)11-5-12-49-34-59(78)23-25-63(49)68(55)83-61)67(65)47-19-21-56(22-20-47)71(84-60,74-69(72)73)40-57(29-44-8-3-2-4-9-44)70(79)27-7-13-51(39-70)48-17-18-52(42-76)53(32-48)28-45-10-6-14-58(77)30-45/h2-4,6,8-10,14,17-26,30,32,34-35,37,43,46,51,54,57,61,64-68,75-79H,7,11,13,15-16,27-29,31,33,36,38-42H2,1H3,(H4,72,73,74)(H,80,81,82)/t43-,46+,51+,54-,57+,61-,64+,65-,66-,67+,68-,70-,71+/m1/s1. The SMILES string of the molecule is C[C@@H]1CCc2cc3ccc2[C@H]1C[C@@H](S(=O)(=O)O)[C@H]1C=C2C[C@H](C[C@H]4C[C@@H](CO)CC#Cc5cc(O)ccc5[C@@H]2O4)[C@@H]1c1ccc(cc1)[C@@](C[C@H](Cc1ccccc1)[C@@]1(O)CCC[C@H](c2ccc(CO)c(Cc4cccc(O)c4)c2)C1)(N=C(N)N)O3. The maximum Gasteiger partial charge on any atom is 0.268 e. The van der Waals surface area contributed by atoms with Gasteiger partial charge in [-0.25, -0.2) is 4.99 Å². The maximum absolute atomic E-state index is 14.5. The average molecular weight is 1170 g/mol. The Balaban J connectivity index is 0.998. The van der Waals surface area contributed by atoms with E-state index < -0.39 is 50.6 Å². The Morgan fingerprint density at radius 3 is 2.36 bits per heavy atom. The molecule has 14 rings (SSSR count). The van der Waals surface area contributed by atoms with Crippen LogP contribution < -0.4 is 16.2 Å². The van der Waals surface area contributed by atoms with Gasteiger partial charge in [0.25, 0.3) is 10.1 Å². The molecule has 1 saturated heterocycles. The third-order valence-corrected chi connectivity index (χ3v) is 21.4. The quantitative estimate of drug-likeness (QED) is 0.0188. The molecular formula is C71H79N3O10S. The molecule has 10 bridgehead atoms. The van der Waals surface area contributed by atoms with Crippen molar-refractivity contribution in [3.8, 4) is 29.1 Å². The Bertz CT molecular complexity index is 3670. The van der Waals surface area contributed by atoms with Gasteiger partial charge in [0.15, 0.2) is 5.96 Å². The highest BCUT2D eigenvalue weighted by molar-refractivity contribution is 7.86. The molecular weight excluding hydrogens is 1090 g/mol. The van der Waals surface area contributed by atoms with Gasteiger partial charge in [0, 0.05) is 42.1 Å². The molecule has 6 aromatic rings. The predicted octanol–water partition coefficient (Wildman–Crippen LogP) is 11.3. The monoisotopic (exact) mass is 1170 g/mol. The molecule has 3 aliphatic carbocycles. The van der Waals surface area contributed by atoms with Crippen LogP contribution in [0.5, 0.6) is 17.2 Å². The van der Waals surface area contributed by atoms with Gasteiger partial charge in [-0.15, -0.1) is 0 Å². The molecule has 8 aliphatic rings. The van der Waals surface area contributed by atoms with E-state index in [0.29, 0.717) is 74.7 Å². The molecule has 2 fully saturated rings. The molecule has 13 nitrogen and oxygen atoms in total. The van der Waals surface area contributed by atoms with Gasteiger partial charge in [-0.1, -0.05) is 122 Å². The van der Waals surface area contributed by atoms with Gasteiger partial charge in [0.1, 0.15) is 23.4 Å². The van der Waals surface area contributed by atoms with Crippen LogP contribution in [0.1, 0.15) is 163 Å². The van der Waals surface area contributed by atoms with Gasteiger partial charge in [-0.2, -0.15) is 8.42 Å².